The van der Waals surface area contributed by atoms with Gasteiger partial charge in [0, 0.05) is 16.0 Å². The second kappa shape index (κ2) is 3.90. The van der Waals surface area contributed by atoms with E-state index in [2.05, 4.69) is 22.0 Å². The first kappa shape index (κ1) is 9.97. The normalized spacial score (nSPS) is 10.4. The zero-order valence-electron chi connectivity index (χ0n) is 7.05. The van der Waals surface area contributed by atoms with Gasteiger partial charge in [-0.2, -0.15) is 5.26 Å². The molecule has 0 unspecified atom stereocenters. The maximum atomic E-state index is 8.96. The lowest BCUT2D eigenvalue weighted by Crippen LogP contribution is -1.77. The summed E-state index contributed by atoms with van der Waals surface area (Å²) in [6.07, 6.45) is 0. The van der Waals surface area contributed by atoms with E-state index >= 15 is 0 Å². The standard InChI is InChI=1S/C10H5BrClNS/c11-10-8(5-13)7-3-1-2-6(4-12)9(7)14-10/h1-3H,4H2. The van der Waals surface area contributed by atoms with Crippen molar-refractivity contribution < 1.29 is 0 Å². The summed E-state index contributed by atoms with van der Waals surface area (Å²) in [7, 11) is 0. The van der Waals surface area contributed by atoms with Crippen molar-refractivity contribution in [1.29, 1.82) is 5.26 Å². The molecule has 0 amide bonds. The van der Waals surface area contributed by atoms with Gasteiger partial charge in [-0.25, -0.2) is 0 Å². The van der Waals surface area contributed by atoms with Crippen molar-refractivity contribution in [2.24, 2.45) is 0 Å². The molecule has 0 saturated carbocycles. The van der Waals surface area contributed by atoms with Crippen LogP contribution in [0.25, 0.3) is 10.1 Å². The molecule has 0 N–H and O–H groups in total. The van der Waals surface area contributed by atoms with Crippen molar-refractivity contribution in [3.05, 3.63) is 33.1 Å². The monoisotopic (exact) mass is 285 g/mol. The van der Waals surface area contributed by atoms with Crippen molar-refractivity contribution in [1.82, 2.24) is 0 Å². The molecule has 1 heterocycles. The highest BCUT2D eigenvalue weighted by Gasteiger charge is 2.11. The molecule has 1 aromatic carbocycles. The molecule has 0 saturated heterocycles. The van der Waals surface area contributed by atoms with Gasteiger partial charge in [0.25, 0.3) is 0 Å². The highest BCUT2D eigenvalue weighted by molar-refractivity contribution is 9.11. The summed E-state index contributed by atoms with van der Waals surface area (Å²) in [5.41, 5.74) is 1.79. The van der Waals surface area contributed by atoms with Crippen molar-refractivity contribution in [2.45, 2.75) is 5.88 Å². The molecular formula is C10H5BrClNS. The molecule has 0 spiro atoms. The van der Waals surface area contributed by atoms with Gasteiger partial charge in [0.2, 0.25) is 0 Å². The van der Waals surface area contributed by atoms with Gasteiger partial charge in [-0.15, -0.1) is 22.9 Å². The van der Waals surface area contributed by atoms with E-state index in [-0.39, 0.29) is 0 Å². The Balaban J connectivity index is 2.87. The number of halogens is 2. The molecule has 0 aliphatic carbocycles. The van der Waals surface area contributed by atoms with Crippen molar-refractivity contribution in [3.8, 4) is 6.07 Å². The second-order valence-electron chi connectivity index (χ2n) is 2.79. The lowest BCUT2D eigenvalue weighted by atomic mass is 10.1. The van der Waals surface area contributed by atoms with Crippen LogP contribution in [0.5, 0.6) is 0 Å². The van der Waals surface area contributed by atoms with Gasteiger partial charge in [-0.1, -0.05) is 18.2 Å². The predicted octanol–water partition coefficient (Wildman–Crippen LogP) is 4.27. The average Bonchev–Trinajstić information content (AvgIpc) is 2.52. The molecule has 1 nitrogen and oxygen atoms in total. The topological polar surface area (TPSA) is 23.8 Å². The van der Waals surface area contributed by atoms with E-state index in [9.17, 15) is 0 Å². The summed E-state index contributed by atoms with van der Waals surface area (Å²) in [5.74, 6) is 0.481. The van der Waals surface area contributed by atoms with Gasteiger partial charge in [-0.3, -0.25) is 0 Å². The van der Waals surface area contributed by atoms with Crippen LogP contribution in [0.4, 0.5) is 0 Å². The number of alkyl halides is 1. The number of hydrogen-bond acceptors (Lipinski definition) is 2. The molecule has 0 atom stereocenters. The lowest BCUT2D eigenvalue weighted by molar-refractivity contribution is 1.47. The van der Waals surface area contributed by atoms with E-state index in [1.165, 1.54) is 0 Å². The summed E-state index contributed by atoms with van der Waals surface area (Å²) >= 11 is 10.8. The zero-order valence-corrected chi connectivity index (χ0v) is 10.2. The summed E-state index contributed by atoms with van der Waals surface area (Å²) in [5, 5.41) is 9.95. The smallest absolute Gasteiger partial charge is 0.102 e. The maximum absolute atomic E-state index is 8.96. The third-order valence-electron chi connectivity index (χ3n) is 2.01. The predicted molar refractivity (Wildman–Crippen MR) is 63.8 cm³/mol. The first-order chi connectivity index (χ1) is 6.77. The van der Waals surface area contributed by atoms with E-state index in [1.807, 2.05) is 18.2 Å². The van der Waals surface area contributed by atoms with Crippen molar-refractivity contribution >= 4 is 49.0 Å². The molecule has 4 heteroatoms. The van der Waals surface area contributed by atoms with E-state index in [0.717, 1.165) is 19.4 Å². The Morgan fingerprint density at radius 1 is 1.50 bits per heavy atom. The zero-order chi connectivity index (χ0) is 10.1. The van der Waals surface area contributed by atoms with Gasteiger partial charge >= 0.3 is 0 Å². The molecule has 0 bridgehead atoms. The van der Waals surface area contributed by atoms with E-state index in [1.54, 1.807) is 11.3 Å². The summed E-state index contributed by atoms with van der Waals surface area (Å²) in [6.45, 7) is 0. The Hall–Kier alpha value is -0.560. The van der Waals surface area contributed by atoms with Crippen LogP contribution in [0.15, 0.2) is 22.0 Å². The third-order valence-corrected chi connectivity index (χ3v) is 4.25. The summed E-state index contributed by atoms with van der Waals surface area (Å²) < 4.78 is 1.98. The van der Waals surface area contributed by atoms with Gasteiger partial charge in [0.05, 0.1) is 9.35 Å². The second-order valence-corrected chi connectivity index (χ2v) is 5.40. The third kappa shape index (κ3) is 1.44. The van der Waals surface area contributed by atoms with Crippen LogP contribution in [0.2, 0.25) is 0 Å². The molecular weight excluding hydrogens is 282 g/mol. The minimum Gasteiger partial charge on any atom is -0.192 e. The molecule has 2 rings (SSSR count). The van der Waals surface area contributed by atoms with Gasteiger partial charge in [0.15, 0.2) is 0 Å². The number of nitriles is 1. The van der Waals surface area contributed by atoms with Gasteiger partial charge < -0.3 is 0 Å². The molecule has 0 fully saturated rings. The highest BCUT2D eigenvalue weighted by atomic mass is 79.9. The number of nitrogens with zero attached hydrogens (tertiary/aromatic N) is 1. The molecule has 0 aliphatic rings. The number of rotatable bonds is 1. The van der Waals surface area contributed by atoms with Crippen LogP contribution >= 0.6 is 38.9 Å². The Kier molecular flexibility index (Phi) is 2.78. The van der Waals surface area contributed by atoms with Gasteiger partial charge in [-0.05, 0) is 21.5 Å². The van der Waals surface area contributed by atoms with Crippen LogP contribution in [0, 0.1) is 11.3 Å². The quantitative estimate of drug-likeness (QED) is 0.718. The van der Waals surface area contributed by atoms with Crippen LogP contribution in [-0.2, 0) is 5.88 Å². The summed E-state index contributed by atoms with van der Waals surface area (Å²) in [6, 6.07) is 8.06. The Morgan fingerprint density at radius 2 is 2.29 bits per heavy atom. The number of thiophene rings is 1. The summed E-state index contributed by atoms with van der Waals surface area (Å²) in [4.78, 5) is 0. The van der Waals surface area contributed by atoms with Crippen LogP contribution in [-0.4, -0.2) is 0 Å². The van der Waals surface area contributed by atoms with E-state index in [0.29, 0.717) is 11.4 Å². The van der Waals surface area contributed by atoms with E-state index < -0.39 is 0 Å². The fourth-order valence-electron chi connectivity index (χ4n) is 1.36. The Bertz CT molecular complexity index is 527. The van der Waals surface area contributed by atoms with Gasteiger partial charge in [0.1, 0.15) is 6.07 Å². The van der Waals surface area contributed by atoms with Crippen LogP contribution in [0.1, 0.15) is 11.1 Å². The number of hydrogen-bond donors (Lipinski definition) is 0. The largest absolute Gasteiger partial charge is 0.192 e. The Labute approximate surface area is 99.0 Å². The first-order valence-electron chi connectivity index (χ1n) is 3.94. The minimum absolute atomic E-state index is 0.481. The SMILES string of the molecule is N#Cc1c(Br)sc2c(CCl)cccc12. The fraction of sp³-hybridized carbons (Fsp3) is 0.100. The molecule has 14 heavy (non-hydrogen) atoms. The first-order valence-corrected chi connectivity index (χ1v) is 6.08. The number of benzene rings is 1. The van der Waals surface area contributed by atoms with E-state index in [4.69, 9.17) is 16.9 Å². The van der Waals surface area contributed by atoms with Crippen molar-refractivity contribution in [2.75, 3.05) is 0 Å². The Morgan fingerprint density at radius 3 is 2.93 bits per heavy atom. The highest BCUT2D eigenvalue weighted by Crippen LogP contribution is 2.37. The van der Waals surface area contributed by atoms with Crippen LogP contribution < -0.4 is 0 Å². The molecule has 1 aromatic heterocycles. The fourth-order valence-corrected chi connectivity index (χ4v) is 3.44. The maximum Gasteiger partial charge on any atom is 0.102 e. The molecule has 0 aliphatic heterocycles. The molecule has 70 valence electrons. The minimum atomic E-state index is 0.481. The average molecular weight is 287 g/mol. The number of fused-ring (bicyclic) bond motifs is 1. The lowest BCUT2D eigenvalue weighted by Gasteiger charge is -1.95. The van der Waals surface area contributed by atoms with Crippen LogP contribution in [0.3, 0.4) is 0 Å². The molecule has 2 aromatic rings. The molecule has 0 radical (unpaired) electrons. The van der Waals surface area contributed by atoms with Crippen molar-refractivity contribution in [3.63, 3.8) is 0 Å².